The molecule has 0 amide bonds. The molecule has 0 aromatic heterocycles. The molecule has 0 bridgehead atoms. The Morgan fingerprint density at radius 2 is 2.13 bits per heavy atom. The fourth-order valence-corrected chi connectivity index (χ4v) is 2.19. The summed E-state index contributed by atoms with van der Waals surface area (Å²) in [6.07, 6.45) is 1.90. The fourth-order valence-electron chi connectivity index (χ4n) is 2.19. The Kier molecular flexibility index (Phi) is 4.54. The van der Waals surface area contributed by atoms with Gasteiger partial charge in [0.05, 0.1) is 24.7 Å². The first-order chi connectivity index (χ1) is 7.00. The largest absolute Gasteiger partial charge is 0.481 e. The summed E-state index contributed by atoms with van der Waals surface area (Å²) in [5.74, 6) is -1.11. The van der Waals surface area contributed by atoms with Crippen molar-refractivity contribution in [2.24, 2.45) is 5.92 Å². The van der Waals surface area contributed by atoms with E-state index >= 15 is 0 Å². The highest BCUT2D eigenvalue weighted by Gasteiger charge is 2.34. The van der Waals surface area contributed by atoms with Gasteiger partial charge in [-0.15, -0.1) is 0 Å². The Labute approximate surface area is 90.2 Å². The second kappa shape index (κ2) is 5.47. The van der Waals surface area contributed by atoms with Gasteiger partial charge in [-0.2, -0.15) is 0 Å². The molecule has 0 spiro atoms. The Balaban J connectivity index is 2.59. The molecule has 4 heteroatoms. The highest BCUT2D eigenvalue weighted by molar-refractivity contribution is 5.67. The van der Waals surface area contributed by atoms with Gasteiger partial charge < -0.3 is 14.9 Å². The second-order valence-corrected chi connectivity index (χ2v) is 4.48. The van der Waals surface area contributed by atoms with E-state index in [0.717, 1.165) is 12.8 Å². The van der Waals surface area contributed by atoms with Gasteiger partial charge in [0.1, 0.15) is 0 Å². The summed E-state index contributed by atoms with van der Waals surface area (Å²) in [4.78, 5) is 10.7. The topological polar surface area (TPSA) is 66.8 Å². The third kappa shape index (κ3) is 3.80. The van der Waals surface area contributed by atoms with Gasteiger partial charge in [-0.3, -0.25) is 4.79 Å². The number of carboxylic acids is 1. The Morgan fingerprint density at radius 3 is 2.67 bits per heavy atom. The normalized spacial score (nSPS) is 31.9. The maximum Gasteiger partial charge on any atom is 0.303 e. The van der Waals surface area contributed by atoms with Crippen LogP contribution in [0.3, 0.4) is 0 Å². The molecule has 1 saturated carbocycles. The first-order valence-corrected chi connectivity index (χ1v) is 5.56. The number of ether oxygens (including phenoxy) is 1. The smallest absolute Gasteiger partial charge is 0.303 e. The number of carboxylic acid groups (broad SMARTS) is 1. The number of hydrogen-bond acceptors (Lipinski definition) is 3. The molecule has 15 heavy (non-hydrogen) atoms. The zero-order valence-electron chi connectivity index (χ0n) is 9.35. The van der Waals surface area contributed by atoms with Gasteiger partial charge in [-0.05, 0) is 33.1 Å². The summed E-state index contributed by atoms with van der Waals surface area (Å²) in [7, 11) is 0. The summed E-state index contributed by atoms with van der Waals surface area (Å²) >= 11 is 0. The molecule has 0 unspecified atom stereocenters. The van der Waals surface area contributed by atoms with Crippen molar-refractivity contribution in [2.75, 3.05) is 0 Å². The zero-order valence-corrected chi connectivity index (χ0v) is 9.35. The zero-order chi connectivity index (χ0) is 11.4. The van der Waals surface area contributed by atoms with Gasteiger partial charge in [0.2, 0.25) is 0 Å². The molecular weight excluding hydrogens is 196 g/mol. The summed E-state index contributed by atoms with van der Waals surface area (Å²) in [5.41, 5.74) is 0. The molecule has 0 aromatic rings. The summed E-state index contributed by atoms with van der Waals surface area (Å²) in [6, 6.07) is 0. The highest BCUT2D eigenvalue weighted by atomic mass is 16.5. The predicted octanol–water partition coefficient (Wildman–Crippen LogP) is 1.42. The Bertz CT molecular complexity index is 215. The van der Waals surface area contributed by atoms with Crippen LogP contribution in [0.2, 0.25) is 0 Å². The lowest BCUT2D eigenvalue weighted by molar-refractivity contribution is -0.145. The van der Waals surface area contributed by atoms with E-state index in [1.165, 1.54) is 0 Å². The van der Waals surface area contributed by atoms with Crippen molar-refractivity contribution in [3.63, 3.8) is 0 Å². The molecule has 0 aliphatic heterocycles. The molecule has 0 saturated heterocycles. The maximum absolute atomic E-state index is 10.7. The lowest BCUT2D eigenvalue weighted by Crippen LogP contribution is -2.40. The first kappa shape index (κ1) is 12.5. The first-order valence-electron chi connectivity index (χ1n) is 5.56. The minimum atomic E-state index is -0.863. The van der Waals surface area contributed by atoms with Crippen molar-refractivity contribution in [2.45, 2.75) is 57.8 Å². The van der Waals surface area contributed by atoms with E-state index in [-0.39, 0.29) is 24.5 Å². The lowest BCUT2D eigenvalue weighted by atomic mass is 9.81. The molecule has 2 N–H and O–H groups in total. The minimum absolute atomic E-state index is 0.00144. The number of aliphatic hydroxyl groups excluding tert-OH is 1. The second-order valence-electron chi connectivity index (χ2n) is 4.48. The van der Waals surface area contributed by atoms with Crippen LogP contribution in [0.25, 0.3) is 0 Å². The number of rotatable bonds is 4. The van der Waals surface area contributed by atoms with Crippen molar-refractivity contribution in [3.8, 4) is 0 Å². The predicted molar refractivity (Wildman–Crippen MR) is 55.6 cm³/mol. The van der Waals surface area contributed by atoms with Crippen molar-refractivity contribution < 1.29 is 19.7 Å². The molecule has 88 valence electrons. The Morgan fingerprint density at radius 1 is 1.47 bits per heavy atom. The molecule has 0 aromatic carbocycles. The molecule has 4 nitrogen and oxygen atoms in total. The van der Waals surface area contributed by atoms with Crippen LogP contribution in [0.5, 0.6) is 0 Å². The SMILES string of the molecule is CC(C)O[C@@H]1CCC[C@H](O)[C@@H]1CC(=O)O. The van der Waals surface area contributed by atoms with Gasteiger partial charge in [-0.25, -0.2) is 0 Å². The van der Waals surface area contributed by atoms with Crippen molar-refractivity contribution in [1.29, 1.82) is 0 Å². The molecule has 3 atom stereocenters. The molecule has 1 aliphatic carbocycles. The van der Waals surface area contributed by atoms with E-state index in [2.05, 4.69) is 0 Å². The van der Waals surface area contributed by atoms with Crippen LogP contribution in [-0.4, -0.2) is 34.5 Å². The number of aliphatic hydroxyl groups is 1. The third-order valence-corrected chi connectivity index (χ3v) is 2.82. The van der Waals surface area contributed by atoms with Crippen LogP contribution in [0, 0.1) is 5.92 Å². The van der Waals surface area contributed by atoms with Gasteiger partial charge in [0.25, 0.3) is 0 Å². The van der Waals surface area contributed by atoms with E-state index in [4.69, 9.17) is 9.84 Å². The van der Waals surface area contributed by atoms with Crippen molar-refractivity contribution in [3.05, 3.63) is 0 Å². The molecular formula is C11H20O4. The van der Waals surface area contributed by atoms with Gasteiger partial charge >= 0.3 is 5.97 Å². The quantitative estimate of drug-likeness (QED) is 0.745. The average molecular weight is 216 g/mol. The monoisotopic (exact) mass is 216 g/mol. The van der Waals surface area contributed by atoms with Crippen LogP contribution in [0.4, 0.5) is 0 Å². The van der Waals surface area contributed by atoms with E-state index in [0.29, 0.717) is 6.42 Å². The maximum atomic E-state index is 10.7. The van der Waals surface area contributed by atoms with E-state index in [1.54, 1.807) is 0 Å². The summed E-state index contributed by atoms with van der Waals surface area (Å²) in [5, 5.41) is 18.5. The van der Waals surface area contributed by atoms with Gasteiger partial charge in [-0.1, -0.05) is 0 Å². The van der Waals surface area contributed by atoms with Gasteiger partial charge in [0.15, 0.2) is 0 Å². The van der Waals surface area contributed by atoms with Crippen LogP contribution >= 0.6 is 0 Å². The third-order valence-electron chi connectivity index (χ3n) is 2.82. The molecule has 0 radical (unpaired) electrons. The number of aliphatic carboxylic acids is 1. The average Bonchev–Trinajstić information content (AvgIpc) is 2.09. The Hall–Kier alpha value is -0.610. The number of carbonyl (C=O) groups is 1. The van der Waals surface area contributed by atoms with Crippen LogP contribution < -0.4 is 0 Å². The molecule has 1 aliphatic rings. The van der Waals surface area contributed by atoms with Crippen LogP contribution in [-0.2, 0) is 9.53 Å². The lowest BCUT2D eigenvalue weighted by Gasteiger charge is -2.35. The fraction of sp³-hybridized carbons (Fsp3) is 0.909. The summed E-state index contributed by atoms with van der Waals surface area (Å²) in [6.45, 7) is 3.86. The van der Waals surface area contributed by atoms with Crippen molar-refractivity contribution >= 4 is 5.97 Å². The summed E-state index contributed by atoms with van der Waals surface area (Å²) < 4.78 is 5.65. The van der Waals surface area contributed by atoms with E-state index in [9.17, 15) is 9.90 Å². The molecule has 1 fully saturated rings. The van der Waals surface area contributed by atoms with E-state index in [1.807, 2.05) is 13.8 Å². The van der Waals surface area contributed by atoms with Crippen LogP contribution in [0.15, 0.2) is 0 Å². The number of hydrogen-bond donors (Lipinski definition) is 2. The molecule has 1 rings (SSSR count). The minimum Gasteiger partial charge on any atom is -0.481 e. The van der Waals surface area contributed by atoms with Crippen LogP contribution in [0.1, 0.15) is 39.5 Å². The van der Waals surface area contributed by atoms with E-state index < -0.39 is 12.1 Å². The highest BCUT2D eigenvalue weighted by Crippen LogP contribution is 2.30. The van der Waals surface area contributed by atoms with Crippen molar-refractivity contribution in [1.82, 2.24) is 0 Å². The standard InChI is InChI=1S/C11H20O4/c1-7(2)15-10-5-3-4-9(12)8(10)6-11(13)14/h7-10,12H,3-6H2,1-2H3,(H,13,14)/t8-,9-,10+/m0/s1. The van der Waals surface area contributed by atoms with Gasteiger partial charge in [0, 0.05) is 5.92 Å². The molecule has 0 heterocycles.